The Bertz CT molecular complexity index is 687. The number of amides is 1. The van der Waals surface area contributed by atoms with Crippen LogP contribution in [0.15, 0.2) is 46.9 Å². The van der Waals surface area contributed by atoms with Crippen LogP contribution >= 0.6 is 28.1 Å². The van der Waals surface area contributed by atoms with Crippen LogP contribution in [-0.4, -0.2) is 18.0 Å². The quantitative estimate of drug-likeness (QED) is 0.816. The van der Waals surface area contributed by atoms with Crippen LogP contribution in [0, 0.1) is 0 Å². The van der Waals surface area contributed by atoms with Crippen LogP contribution in [0.4, 0.5) is 5.69 Å². The van der Waals surface area contributed by atoms with Crippen LogP contribution in [0.25, 0.3) is 0 Å². The van der Waals surface area contributed by atoms with Gasteiger partial charge >= 0.3 is 0 Å². The highest BCUT2D eigenvalue weighted by Gasteiger charge is 2.11. The highest BCUT2D eigenvalue weighted by atomic mass is 79.9. The molecule has 108 valence electrons. The molecule has 0 aliphatic rings. The number of anilines is 1. The molecule has 0 aliphatic carbocycles. The van der Waals surface area contributed by atoms with E-state index in [2.05, 4.69) is 21.2 Å². The Hall–Kier alpha value is -1.92. The lowest BCUT2D eigenvalue weighted by molar-refractivity contribution is 0.102. The van der Waals surface area contributed by atoms with Gasteiger partial charge in [-0.25, -0.2) is 0 Å². The second-order valence-electron chi connectivity index (χ2n) is 4.24. The van der Waals surface area contributed by atoms with Gasteiger partial charge in [-0.15, -0.1) is 0 Å². The number of nitrogens with one attached hydrogen (secondary N) is 1. The maximum atomic E-state index is 12.2. The third-order valence-electron chi connectivity index (χ3n) is 2.85. The van der Waals surface area contributed by atoms with Crippen LogP contribution in [0.3, 0.4) is 0 Å². The van der Waals surface area contributed by atoms with E-state index in [1.807, 2.05) is 6.07 Å². The van der Waals surface area contributed by atoms with Crippen molar-refractivity contribution in [3.63, 3.8) is 0 Å². The van der Waals surface area contributed by atoms with E-state index < -0.39 is 0 Å². The van der Waals surface area contributed by atoms with Gasteiger partial charge in [0.2, 0.25) is 0 Å². The lowest BCUT2D eigenvalue weighted by atomic mass is 10.1. The van der Waals surface area contributed by atoms with Crippen molar-refractivity contribution in [2.45, 2.75) is 0 Å². The normalized spacial score (nSPS) is 10.0. The summed E-state index contributed by atoms with van der Waals surface area (Å²) in [6, 6.07) is 12.2. The molecule has 1 amide bonds. The van der Waals surface area contributed by atoms with Crippen LogP contribution in [-0.2, 0) is 0 Å². The van der Waals surface area contributed by atoms with Gasteiger partial charge in [-0.2, -0.15) is 0 Å². The van der Waals surface area contributed by atoms with Crippen molar-refractivity contribution in [2.24, 2.45) is 5.73 Å². The Kier molecular flexibility index (Phi) is 4.93. The summed E-state index contributed by atoms with van der Waals surface area (Å²) in [5.74, 6) is 0.450. The number of methoxy groups -OCH3 is 1. The van der Waals surface area contributed by atoms with E-state index in [1.54, 1.807) is 43.5 Å². The van der Waals surface area contributed by atoms with E-state index in [-0.39, 0.29) is 10.9 Å². The summed E-state index contributed by atoms with van der Waals surface area (Å²) in [5, 5.41) is 2.81. The van der Waals surface area contributed by atoms with Gasteiger partial charge in [0, 0.05) is 15.6 Å². The number of hydrogen-bond acceptors (Lipinski definition) is 3. The second-order valence-corrected chi connectivity index (χ2v) is 5.59. The highest BCUT2D eigenvalue weighted by molar-refractivity contribution is 9.10. The zero-order valence-electron chi connectivity index (χ0n) is 11.2. The summed E-state index contributed by atoms with van der Waals surface area (Å²) in [7, 11) is 1.57. The van der Waals surface area contributed by atoms with E-state index in [0.29, 0.717) is 22.6 Å². The number of hydrogen-bond donors (Lipinski definition) is 2. The maximum Gasteiger partial charge on any atom is 0.255 e. The number of nitrogens with two attached hydrogens (primary N) is 1. The zero-order chi connectivity index (χ0) is 15.4. The highest BCUT2D eigenvalue weighted by Crippen LogP contribution is 2.22. The first-order valence-corrected chi connectivity index (χ1v) is 7.26. The SMILES string of the molecule is COc1ccc(C(=O)Nc2cc(Br)ccc2C(N)=S)cc1. The fourth-order valence-electron chi connectivity index (χ4n) is 1.77. The first kappa shape index (κ1) is 15.5. The Labute approximate surface area is 136 Å². The molecule has 3 N–H and O–H groups in total. The van der Waals surface area contributed by atoms with Crippen LogP contribution in [0.5, 0.6) is 5.75 Å². The van der Waals surface area contributed by atoms with Gasteiger partial charge in [0.15, 0.2) is 0 Å². The molecule has 0 radical (unpaired) electrons. The molecule has 0 unspecified atom stereocenters. The van der Waals surface area contributed by atoms with Gasteiger partial charge < -0.3 is 15.8 Å². The van der Waals surface area contributed by atoms with Gasteiger partial charge in [0.25, 0.3) is 5.91 Å². The van der Waals surface area contributed by atoms with Crippen molar-refractivity contribution in [3.8, 4) is 5.75 Å². The molecule has 2 aromatic carbocycles. The molecule has 6 heteroatoms. The minimum Gasteiger partial charge on any atom is -0.497 e. The lowest BCUT2D eigenvalue weighted by Crippen LogP contribution is -2.17. The topological polar surface area (TPSA) is 64.3 Å². The second kappa shape index (κ2) is 6.69. The fraction of sp³-hybridized carbons (Fsp3) is 0.0667. The Morgan fingerprint density at radius 2 is 1.90 bits per heavy atom. The van der Waals surface area contributed by atoms with Gasteiger partial charge in [-0.3, -0.25) is 4.79 Å². The van der Waals surface area contributed by atoms with Crippen molar-refractivity contribution in [1.82, 2.24) is 0 Å². The molecule has 0 atom stereocenters. The lowest BCUT2D eigenvalue weighted by Gasteiger charge is -2.11. The van der Waals surface area contributed by atoms with Crippen LogP contribution < -0.4 is 15.8 Å². The molecule has 0 fully saturated rings. The van der Waals surface area contributed by atoms with E-state index >= 15 is 0 Å². The Morgan fingerprint density at radius 3 is 2.48 bits per heavy atom. The molecular formula is C15H13BrN2O2S. The van der Waals surface area contributed by atoms with Gasteiger partial charge in [-0.05, 0) is 42.5 Å². The first-order chi connectivity index (χ1) is 10.0. The molecule has 0 heterocycles. The molecule has 21 heavy (non-hydrogen) atoms. The summed E-state index contributed by atoms with van der Waals surface area (Å²) in [4.78, 5) is 12.5. The number of carbonyl (C=O) groups is 1. The van der Waals surface area contributed by atoms with Gasteiger partial charge in [0.05, 0.1) is 12.8 Å². The zero-order valence-corrected chi connectivity index (χ0v) is 13.6. The van der Waals surface area contributed by atoms with Crippen molar-refractivity contribution in [3.05, 3.63) is 58.1 Å². The largest absolute Gasteiger partial charge is 0.497 e. The summed E-state index contributed by atoms with van der Waals surface area (Å²) >= 11 is 8.35. The van der Waals surface area contributed by atoms with Crippen molar-refractivity contribution in [1.29, 1.82) is 0 Å². The number of halogens is 1. The average molecular weight is 365 g/mol. The minimum absolute atomic E-state index is 0.229. The first-order valence-electron chi connectivity index (χ1n) is 6.06. The number of thiocarbonyl (C=S) groups is 1. The Balaban J connectivity index is 2.26. The standard InChI is InChI=1S/C15H13BrN2O2S/c1-20-11-5-2-9(3-6-11)15(19)18-13-8-10(16)4-7-12(13)14(17)21/h2-8H,1H3,(H2,17,21)(H,18,19). The predicted octanol–water partition coefficient (Wildman–Crippen LogP) is 3.34. The fourth-order valence-corrected chi connectivity index (χ4v) is 2.31. The summed E-state index contributed by atoms with van der Waals surface area (Å²) < 4.78 is 5.89. The number of ether oxygens (including phenoxy) is 1. The van der Waals surface area contributed by atoms with E-state index in [1.165, 1.54) is 0 Å². The molecule has 0 aromatic heterocycles. The minimum atomic E-state index is -0.242. The van der Waals surface area contributed by atoms with E-state index in [4.69, 9.17) is 22.7 Å². The number of benzene rings is 2. The number of rotatable bonds is 4. The van der Waals surface area contributed by atoms with Crippen molar-refractivity contribution < 1.29 is 9.53 Å². The summed E-state index contributed by atoms with van der Waals surface area (Å²) in [5.41, 5.74) is 7.37. The van der Waals surface area contributed by atoms with Crippen molar-refractivity contribution >= 4 is 44.7 Å². The molecule has 2 rings (SSSR count). The predicted molar refractivity (Wildman–Crippen MR) is 91.0 cm³/mol. The van der Waals surface area contributed by atoms with Crippen molar-refractivity contribution in [2.75, 3.05) is 12.4 Å². The number of carbonyl (C=O) groups excluding carboxylic acids is 1. The van der Waals surface area contributed by atoms with E-state index in [0.717, 1.165) is 4.47 Å². The molecular weight excluding hydrogens is 352 g/mol. The molecule has 2 aromatic rings. The van der Waals surface area contributed by atoms with Crippen LogP contribution in [0.1, 0.15) is 15.9 Å². The smallest absolute Gasteiger partial charge is 0.255 e. The molecule has 0 aliphatic heterocycles. The van der Waals surface area contributed by atoms with Gasteiger partial charge in [-0.1, -0.05) is 28.1 Å². The maximum absolute atomic E-state index is 12.2. The van der Waals surface area contributed by atoms with Gasteiger partial charge in [0.1, 0.15) is 10.7 Å². The molecule has 0 bridgehead atoms. The average Bonchev–Trinajstić information content (AvgIpc) is 2.47. The summed E-state index contributed by atoms with van der Waals surface area (Å²) in [6.45, 7) is 0. The summed E-state index contributed by atoms with van der Waals surface area (Å²) in [6.07, 6.45) is 0. The molecule has 0 spiro atoms. The third kappa shape index (κ3) is 3.80. The Morgan fingerprint density at radius 1 is 1.24 bits per heavy atom. The molecule has 4 nitrogen and oxygen atoms in total. The van der Waals surface area contributed by atoms with Crippen LogP contribution in [0.2, 0.25) is 0 Å². The third-order valence-corrected chi connectivity index (χ3v) is 3.56. The molecule has 0 saturated heterocycles. The van der Waals surface area contributed by atoms with E-state index in [9.17, 15) is 4.79 Å². The monoisotopic (exact) mass is 364 g/mol. The molecule has 0 saturated carbocycles.